The Morgan fingerprint density at radius 1 is 0.167 bits per heavy atom. The SMILES string of the molecule is I.I.I.I.I.I. The Morgan fingerprint density at radius 2 is 0.167 bits per heavy atom. The molecule has 0 saturated carbocycles. The van der Waals surface area contributed by atoms with E-state index in [0.717, 1.165) is 0 Å². The van der Waals surface area contributed by atoms with Gasteiger partial charge in [0, 0.05) is 0 Å². The summed E-state index contributed by atoms with van der Waals surface area (Å²) in [7, 11) is 0. The monoisotopic (exact) mass is 767 g/mol. The van der Waals surface area contributed by atoms with Crippen LogP contribution in [0.5, 0.6) is 0 Å². The summed E-state index contributed by atoms with van der Waals surface area (Å²) < 4.78 is 0. The highest BCUT2D eigenvalue weighted by Gasteiger charge is -0.102. The molecule has 6 heteroatoms. The van der Waals surface area contributed by atoms with Crippen molar-refractivity contribution < 1.29 is 0 Å². The van der Waals surface area contributed by atoms with E-state index in [-0.39, 0.29) is 144 Å². The maximum atomic E-state index is 0. The molecule has 0 radical (unpaired) electrons. The van der Waals surface area contributed by atoms with Crippen LogP contribution in [-0.4, -0.2) is 0 Å². The fourth-order valence-electron chi connectivity index (χ4n) is 0. The van der Waals surface area contributed by atoms with Gasteiger partial charge in [-0.3, -0.25) is 0 Å². The second-order valence-corrected chi connectivity index (χ2v) is 0. The fourth-order valence-corrected chi connectivity index (χ4v) is 0. The van der Waals surface area contributed by atoms with Crippen LogP contribution in [0, 0.1) is 0 Å². The van der Waals surface area contributed by atoms with Gasteiger partial charge in [0.2, 0.25) is 0 Å². The molecule has 0 aromatic heterocycles. The van der Waals surface area contributed by atoms with Crippen LogP contribution >= 0.6 is 144 Å². The van der Waals surface area contributed by atoms with E-state index in [0.29, 0.717) is 0 Å². The maximum absolute atomic E-state index is 0. The van der Waals surface area contributed by atoms with Crippen molar-refractivity contribution >= 4 is 144 Å². The van der Waals surface area contributed by atoms with E-state index in [4.69, 9.17) is 0 Å². The molecule has 0 atom stereocenters. The zero-order valence-corrected chi connectivity index (χ0v) is 16.4. The van der Waals surface area contributed by atoms with Gasteiger partial charge in [-0.15, -0.1) is 144 Å². The third kappa shape index (κ3) is 23.8. The number of halogens is 6. The van der Waals surface area contributed by atoms with Crippen molar-refractivity contribution in [3.63, 3.8) is 0 Å². The van der Waals surface area contributed by atoms with E-state index in [9.17, 15) is 0 Å². The van der Waals surface area contributed by atoms with Gasteiger partial charge < -0.3 is 0 Å². The third-order valence-corrected chi connectivity index (χ3v) is 0. The zero-order chi connectivity index (χ0) is 0. The minimum atomic E-state index is 0. The Labute approximate surface area is 140 Å². The van der Waals surface area contributed by atoms with Crippen LogP contribution in [-0.2, 0) is 0 Å². The number of hydrogen-bond acceptors (Lipinski definition) is 0. The lowest BCUT2D eigenvalue weighted by atomic mass is 127. The van der Waals surface area contributed by atoms with Gasteiger partial charge >= 0.3 is 0 Å². The summed E-state index contributed by atoms with van der Waals surface area (Å²) in [4.78, 5) is 0. The molecule has 0 aliphatic carbocycles. The first-order chi connectivity index (χ1) is 0. The smallest absolute Gasteiger partial charge is 0.107 e. The molecule has 0 rings (SSSR count). The highest BCUT2D eigenvalue weighted by Crippen LogP contribution is 0.891. The maximum Gasteiger partial charge on any atom is -0.107 e. The lowest BCUT2D eigenvalue weighted by Crippen LogP contribution is 0.885. The van der Waals surface area contributed by atoms with Crippen LogP contribution < -0.4 is 0 Å². The summed E-state index contributed by atoms with van der Waals surface area (Å²) in [6.07, 6.45) is 0. The third-order valence-electron chi connectivity index (χ3n) is 0. The Kier molecular flexibility index (Phi) is 272. The molecule has 0 aliphatic heterocycles. The Bertz CT molecular complexity index is 0. The molecule has 0 bridgehead atoms. The molecule has 0 aliphatic rings. The summed E-state index contributed by atoms with van der Waals surface area (Å²) >= 11 is 0. The quantitative estimate of drug-likeness (QED) is 0.331. The predicted octanol–water partition coefficient (Wildman–Crippen LogP) is 3.71. The van der Waals surface area contributed by atoms with E-state index in [1.54, 1.807) is 0 Å². The van der Waals surface area contributed by atoms with Crippen molar-refractivity contribution in [3.8, 4) is 0 Å². The average molecular weight is 767 g/mol. The summed E-state index contributed by atoms with van der Waals surface area (Å²) in [6.45, 7) is 0. The van der Waals surface area contributed by atoms with E-state index >= 15 is 0 Å². The van der Waals surface area contributed by atoms with Gasteiger partial charge in [-0.2, -0.15) is 0 Å². The normalized spacial score (nSPS) is 0. The van der Waals surface area contributed by atoms with Crippen molar-refractivity contribution in [3.05, 3.63) is 0 Å². The van der Waals surface area contributed by atoms with Crippen molar-refractivity contribution in [1.29, 1.82) is 0 Å². The molecule has 0 fully saturated rings. The van der Waals surface area contributed by atoms with Crippen molar-refractivity contribution in [1.82, 2.24) is 0 Å². The fraction of sp³-hybridized carbons (Fsp3) is 0. The van der Waals surface area contributed by atoms with Gasteiger partial charge in [0.15, 0.2) is 0 Å². The van der Waals surface area contributed by atoms with Crippen LogP contribution in [0.25, 0.3) is 0 Å². The molecule has 0 unspecified atom stereocenters. The van der Waals surface area contributed by atoms with Gasteiger partial charge in [0.05, 0.1) is 0 Å². The topological polar surface area (TPSA) is 0 Å². The minimum absolute atomic E-state index is 0. The summed E-state index contributed by atoms with van der Waals surface area (Å²) in [5, 5.41) is 0. The molecule has 0 nitrogen and oxygen atoms in total. The minimum Gasteiger partial charge on any atom is -0.107 e. The largest absolute Gasteiger partial charge is 0.107 e. The molecule has 0 spiro atoms. The summed E-state index contributed by atoms with van der Waals surface area (Å²) in [6, 6.07) is 0. The number of rotatable bonds is 0. The second-order valence-electron chi connectivity index (χ2n) is 0. The molecule has 0 aromatic rings. The van der Waals surface area contributed by atoms with Gasteiger partial charge in [-0.1, -0.05) is 0 Å². The molecule has 0 heterocycles. The second kappa shape index (κ2) is 34.3. The van der Waals surface area contributed by atoms with Crippen molar-refractivity contribution in [2.45, 2.75) is 0 Å². The van der Waals surface area contributed by atoms with E-state index in [1.165, 1.54) is 0 Å². The van der Waals surface area contributed by atoms with Crippen LogP contribution in [0.15, 0.2) is 0 Å². The Hall–Kier alpha value is 4.38. The molecular weight excluding hydrogens is 761 g/mol. The first-order valence-corrected chi connectivity index (χ1v) is 0. The molecule has 0 amide bonds. The average Bonchev–Trinajstić information content (AvgIpc) is 0. The lowest BCUT2D eigenvalue weighted by Gasteiger charge is -0.108. The highest BCUT2D eigenvalue weighted by molar-refractivity contribution is 14.0. The summed E-state index contributed by atoms with van der Waals surface area (Å²) in [5.41, 5.74) is 0. The van der Waals surface area contributed by atoms with Crippen molar-refractivity contribution in [2.75, 3.05) is 0 Å². The highest BCUT2D eigenvalue weighted by atomic mass is 127. The Balaban J connectivity index is 0. The molecule has 0 N–H and O–H groups in total. The van der Waals surface area contributed by atoms with E-state index in [2.05, 4.69) is 0 Å². The van der Waals surface area contributed by atoms with E-state index in [1.807, 2.05) is 0 Å². The number of hydrogen-bond donors (Lipinski definition) is 0. The van der Waals surface area contributed by atoms with Crippen LogP contribution in [0.4, 0.5) is 0 Å². The van der Waals surface area contributed by atoms with Gasteiger partial charge in [-0.05, 0) is 0 Å². The molecule has 6 heavy (non-hydrogen) atoms. The lowest BCUT2D eigenvalue weighted by molar-refractivity contribution is 14.0. The molecule has 0 aromatic carbocycles. The first kappa shape index (κ1) is 47.6. The molecule has 48 valence electrons. The summed E-state index contributed by atoms with van der Waals surface area (Å²) in [5.74, 6) is 0. The Morgan fingerprint density at radius 3 is 0.167 bits per heavy atom. The predicted molar refractivity (Wildman–Crippen MR) is 92.5 cm³/mol. The van der Waals surface area contributed by atoms with Crippen LogP contribution in [0.3, 0.4) is 0 Å². The zero-order valence-electron chi connectivity index (χ0n) is 2.45. The van der Waals surface area contributed by atoms with Crippen molar-refractivity contribution in [2.24, 2.45) is 0 Å². The van der Waals surface area contributed by atoms with Crippen LogP contribution in [0.1, 0.15) is 0 Å². The van der Waals surface area contributed by atoms with Gasteiger partial charge in [0.25, 0.3) is 0 Å². The van der Waals surface area contributed by atoms with E-state index < -0.39 is 0 Å². The molecular formula is H6I6. The molecule has 0 saturated heterocycles. The van der Waals surface area contributed by atoms with Crippen LogP contribution in [0.2, 0.25) is 0 Å². The van der Waals surface area contributed by atoms with Gasteiger partial charge in [0.1, 0.15) is 0 Å². The standard InChI is InChI=1S/6HI/h6*1H. The first-order valence-electron chi connectivity index (χ1n) is 0. The van der Waals surface area contributed by atoms with Gasteiger partial charge in [-0.25, -0.2) is 0 Å².